The molecule has 114 valence electrons. The topological polar surface area (TPSA) is 58.6 Å². The minimum atomic E-state index is -3.42. The number of nitrogens with zero attached hydrogens (tertiary/aromatic N) is 1. The van der Waals surface area contributed by atoms with Crippen LogP contribution >= 0.6 is 11.3 Å². The van der Waals surface area contributed by atoms with E-state index in [0.29, 0.717) is 24.6 Å². The summed E-state index contributed by atoms with van der Waals surface area (Å²) in [7, 11) is -1.57. The molecule has 2 unspecified atom stereocenters. The van der Waals surface area contributed by atoms with Crippen molar-refractivity contribution >= 4 is 21.4 Å². The Kier molecular flexibility index (Phi) is 5.19. The fourth-order valence-corrected chi connectivity index (χ4v) is 5.36. The molecule has 0 saturated carbocycles. The van der Waals surface area contributed by atoms with Crippen LogP contribution in [0.25, 0.3) is 0 Å². The Morgan fingerprint density at radius 3 is 2.95 bits per heavy atom. The summed E-state index contributed by atoms with van der Waals surface area (Å²) in [5.41, 5.74) is 0. The molecule has 1 aliphatic rings. The number of morpholine rings is 1. The van der Waals surface area contributed by atoms with E-state index in [2.05, 4.69) is 5.32 Å². The van der Waals surface area contributed by atoms with E-state index in [0.717, 1.165) is 11.3 Å². The zero-order chi connectivity index (χ0) is 14.8. The van der Waals surface area contributed by atoms with Gasteiger partial charge in [0.05, 0.1) is 17.6 Å². The van der Waals surface area contributed by atoms with Crippen molar-refractivity contribution in [2.75, 3.05) is 20.2 Å². The van der Waals surface area contributed by atoms with Gasteiger partial charge in [-0.3, -0.25) is 0 Å². The van der Waals surface area contributed by atoms with Crippen LogP contribution < -0.4 is 5.32 Å². The molecule has 0 aliphatic carbocycles. The molecule has 1 aliphatic heterocycles. The van der Waals surface area contributed by atoms with Crippen LogP contribution in [0, 0.1) is 0 Å². The highest BCUT2D eigenvalue weighted by atomic mass is 32.2. The summed E-state index contributed by atoms with van der Waals surface area (Å²) in [6, 6.07) is 1.70. The molecule has 5 nitrogen and oxygen atoms in total. The fourth-order valence-electron chi connectivity index (χ4n) is 2.33. The Morgan fingerprint density at radius 1 is 1.55 bits per heavy atom. The van der Waals surface area contributed by atoms with Crippen LogP contribution in [0.4, 0.5) is 0 Å². The maximum Gasteiger partial charge on any atom is 0.244 e. The summed E-state index contributed by atoms with van der Waals surface area (Å²) in [6.45, 7) is 5.50. The van der Waals surface area contributed by atoms with Crippen molar-refractivity contribution in [1.82, 2.24) is 9.62 Å². The van der Waals surface area contributed by atoms with Gasteiger partial charge in [0.2, 0.25) is 10.0 Å². The highest BCUT2D eigenvalue weighted by molar-refractivity contribution is 7.89. The van der Waals surface area contributed by atoms with Crippen LogP contribution in [0.15, 0.2) is 16.3 Å². The highest BCUT2D eigenvalue weighted by Crippen LogP contribution is 2.27. The summed E-state index contributed by atoms with van der Waals surface area (Å²) < 4.78 is 32.7. The monoisotopic (exact) mass is 318 g/mol. The largest absolute Gasteiger partial charge is 0.375 e. The van der Waals surface area contributed by atoms with E-state index < -0.39 is 10.0 Å². The number of ether oxygens (including phenoxy) is 1. The molecule has 0 spiro atoms. The average Bonchev–Trinajstić information content (AvgIpc) is 2.88. The zero-order valence-electron chi connectivity index (χ0n) is 12.1. The van der Waals surface area contributed by atoms with Gasteiger partial charge >= 0.3 is 0 Å². The van der Waals surface area contributed by atoms with Crippen molar-refractivity contribution < 1.29 is 13.2 Å². The molecule has 2 atom stereocenters. The lowest BCUT2D eigenvalue weighted by molar-refractivity contribution is -0.0230. The molecular weight excluding hydrogens is 296 g/mol. The van der Waals surface area contributed by atoms with Crippen molar-refractivity contribution in [3.05, 3.63) is 16.3 Å². The molecule has 2 rings (SSSR count). The lowest BCUT2D eigenvalue weighted by atomic mass is 10.2. The van der Waals surface area contributed by atoms with Crippen LogP contribution in [0.3, 0.4) is 0 Å². The molecule has 7 heteroatoms. The van der Waals surface area contributed by atoms with Crippen LogP contribution in [0.5, 0.6) is 0 Å². The first-order valence-electron chi connectivity index (χ1n) is 6.84. The summed E-state index contributed by atoms with van der Waals surface area (Å²) in [5.74, 6) is 0. The third-order valence-electron chi connectivity index (χ3n) is 3.48. The number of rotatable bonds is 5. The molecule has 1 aromatic rings. The number of sulfonamides is 1. The van der Waals surface area contributed by atoms with E-state index in [-0.39, 0.29) is 12.1 Å². The van der Waals surface area contributed by atoms with Gasteiger partial charge in [0.25, 0.3) is 0 Å². The Hall–Kier alpha value is -0.470. The molecule has 0 aromatic carbocycles. The molecule has 0 amide bonds. The van der Waals surface area contributed by atoms with Crippen LogP contribution in [-0.4, -0.2) is 45.1 Å². The van der Waals surface area contributed by atoms with Gasteiger partial charge in [-0.1, -0.05) is 6.92 Å². The first-order valence-corrected chi connectivity index (χ1v) is 9.16. The predicted octanol–water partition coefficient (Wildman–Crippen LogP) is 1.66. The van der Waals surface area contributed by atoms with Gasteiger partial charge < -0.3 is 10.1 Å². The minimum absolute atomic E-state index is 0.0528. The predicted molar refractivity (Wildman–Crippen MR) is 80.5 cm³/mol. The van der Waals surface area contributed by atoms with Gasteiger partial charge in [-0.05, 0) is 26.5 Å². The Labute approximate surface area is 125 Å². The highest BCUT2D eigenvalue weighted by Gasteiger charge is 2.35. The van der Waals surface area contributed by atoms with Gasteiger partial charge in [0.15, 0.2) is 0 Å². The van der Waals surface area contributed by atoms with Crippen LogP contribution in [0.2, 0.25) is 0 Å². The van der Waals surface area contributed by atoms with Gasteiger partial charge in [-0.15, -0.1) is 11.3 Å². The van der Waals surface area contributed by atoms with E-state index in [1.54, 1.807) is 15.8 Å². The molecule has 1 N–H and O–H groups in total. The van der Waals surface area contributed by atoms with Gasteiger partial charge in [-0.2, -0.15) is 4.31 Å². The van der Waals surface area contributed by atoms with Crippen molar-refractivity contribution in [2.45, 2.75) is 43.9 Å². The SMILES string of the molecule is CCC1COC(C)CN1S(=O)(=O)c1csc(CNC)c1. The van der Waals surface area contributed by atoms with E-state index >= 15 is 0 Å². The normalized spacial score (nSPS) is 24.9. The maximum atomic E-state index is 12.8. The summed E-state index contributed by atoms with van der Waals surface area (Å²) >= 11 is 1.48. The van der Waals surface area contributed by atoms with Crippen molar-refractivity contribution in [3.8, 4) is 0 Å². The van der Waals surface area contributed by atoms with E-state index in [9.17, 15) is 8.42 Å². The zero-order valence-corrected chi connectivity index (χ0v) is 13.8. The second-order valence-electron chi connectivity index (χ2n) is 5.06. The van der Waals surface area contributed by atoms with Crippen molar-refractivity contribution in [3.63, 3.8) is 0 Å². The third kappa shape index (κ3) is 3.23. The third-order valence-corrected chi connectivity index (χ3v) is 6.46. The summed E-state index contributed by atoms with van der Waals surface area (Å²) in [5, 5.41) is 4.77. The number of hydrogen-bond acceptors (Lipinski definition) is 5. The van der Waals surface area contributed by atoms with Gasteiger partial charge in [-0.25, -0.2) is 8.42 Å². The lowest BCUT2D eigenvalue weighted by Gasteiger charge is -2.36. The minimum Gasteiger partial charge on any atom is -0.375 e. The first-order chi connectivity index (χ1) is 9.48. The molecule has 1 aromatic heterocycles. The quantitative estimate of drug-likeness (QED) is 0.897. The molecular formula is C13H22N2O3S2. The fraction of sp³-hybridized carbons (Fsp3) is 0.692. The Bertz CT molecular complexity index is 542. The molecule has 0 bridgehead atoms. The Morgan fingerprint density at radius 2 is 2.30 bits per heavy atom. The van der Waals surface area contributed by atoms with Crippen LogP contribution in [0.1, 0.15) is 25.1 Å². The molecule has 2 heterocycles. The van der Waals surface area contributed by atoms with Gasteiger partial charge in [0, 0.05) is 29.4 Å². The average molecular weight is 318 g/mol. The van der Waals surface area contributed by atoms with Crippen molar-refractivity contribution in [1.29, 1.82) is 0 Å². The van der Waals surface area contributed by atoms with E-state index in [1.807, 2.05) is 20.9 Å². The smallest absolute Gasteiger partial charge is 0.244 e. The standard InChI is InChI=1S/C13H22N2O3S2/c1-4-11-8-18-10(2)7-15(11)20(16,17)13-5-12(6-14-3)19-9-13/h5,9-11,14H,4,6-8H2,1-3H3. The number of hydrogen-bond donors (Lipinski definition) is 1. The first kappa shape index (κ1) is 15.9. The summed E-state index contributed by atoms with van der Waals surface area (Å²) in [6.07, 6.45) is 0.711. The molecule has 1 saturated heterocycles. The van der Waals surface area contributed by atoms with Crippen molar-refractivity contribution in [2.24, 2.45) is 0 Å². The molecule has 20 heavy (non-hydrogen) atoms. The number of thiophene rings is 1. The van der Waals surface area contributed by atoms with E-state index in [4.69, 9.17) is 4.74 Å². The molecule has 0 radical (unpaired) electrons. The second kappa shape index (κ2) is 6.53. The lowest BCUT2D eigenvalue weighted by Crippen LogP contribution is -2.51. The second-order valence-corrected chi connectivity index (χ2v) is 7.95. The van der Waals surface area contributed by atoms with Crippen LogP contribution in [-0.2, 0) is 21.3 Å². The van der Waals surface area contributed by atoms with Gasteiger partial charge in [0.1, 0.15) is 0 Å². The number of nitrogens with one attached hydrogen (secondary N) is 1. The molecule has 1 fully saturated rings. The maximum absolute atomic E-state index is 12.8. The Balaban J connectivity index is 2.26. The van der Waals surface area contributed by atoms with E-state index in [1.165, 1.54) is 11.3 Å². The summed E-state index contributed by atoms with van der Waals surface area (Å²) in [4.78, 5) is 1.43.